The van der Waals surface area contributed by atoms with Gasteiger partial charge < -0.3 is 10.2 Å². The first-order chi connectivity index (χ1) is 9.13. The van der Waals surface area contributed by atoms with E-state index in [0.29, 0.717) is 13.0 Å². The largest absolute Gasteiger partial charge is 0.343 e. The first kappa shape index (κ1) is 13.6. The van der Waals surface area contributed by atoms with Gasteiger partial charge in [0.25, 0.3) is 0 Å². The van der Waals surface area contributed by atoms with Crippen molar-refractivity contribution >= 4 is 11.8 Å². The Kier molecular flexibility index (Phi) is 4.20. The summed E-state index contributed by atoms with van der Waals surface area (Å²) < 4.78 is 0. The summed E-state index contributed by atoms with van der Waals surface area (Å²) in [5.41, 5.74) is 1.05. The van der Waals surface area contributed by atoms with Crippen LogP contribution in [-0.4, -0.2) is 28.8 Å². The lowest BCUT2D eigenvalue weighted by molar-refractivity contribution is -0.149. The van der Waals surface area contributed by atoms with Gasteiger partial charge in [0.1, 0.15) is 12.1 Å². The van der Waals surface area contributed by atoms with Gasteiger partial charge in [0.2, 0.25) is 11.8 Å². The molecule has 2 rings (SSSR count). The van der Waals surface area contributed by atoms with Crippen LogP contribution < -0.4 is 5.32 Å². The zero-order valence-electron chi connectivity index (χ0n) is 11.4. The third-order valence-corrected chi connectivity index (χ3v) is 3.52. The number of piperazine rings is 1. The molecule has 1 fully saturated rings. The Labute approximate surface area is 113 Å². The van der Waals surface area contributed by atoms with E-state index < -0.39 is 6.04 Å². The molecule has 19 heavy (non-hydrogen) atoms. The number of hydrogen-bond donors (Lipinski definition) is 1. The molecule has 0 aliphatic carbocycles. The average molecular weight is 260 g/mol. The highest BCUT2D eigenvalue weighted by Gasteiger charge is 2.37. The highest BCUT2D eigenvalue weighted by Crippen LogP contribution is 2.16. The molecule has 1 saturated heterocycles. The Bertz CT molecular complexity index is 458. The summed E-state index contributed by atoms with van der Waals surface area (Å²) >= 11 is 0. The Balaban J connectivity index is 2.16. The van der Waals surface area contributed by atoms with Gasteiger partial charge in [-0.25, -0.2) is 0 Å². The molecule has 2 unspecified atom stereocenters. The molecule has 4 nitrogen and oxygen atoms in total. The molecule has 0 aromatic heterocycles. The molecule has 1 aromatic carbocycles. The van der Waals surface area contributed by atoms with E-state index in [9.17, 15) is 9.59 Å². The molecule has 1 aliphatic heterocycles. The second kappa shape index (κ2) is 5.87. The molecule has 1 N–H and O–H groups in total. The van der Waals surface area contributed by atoms with E-state index in [4.69, 9.17) is 0 Å². The van der Waals surface area contributed by atoms with Gasteiger partial charge in [-0.15, -0.1) is 0 Å². The summed E-state index contributed by atoms with van der Waals surface area (Å²) in [6.07, 6.45) is 1.58. The number of rotatable bonds is 4. The zero-order valence-corrected chi connectivity index (χ0v) is 11.4. The molecule has 1 aromatic rings. The molecule has 1 aliphatic rings. The predicted octanol–water partition coefficient (Wildman–Crippen LogP) is 1.70. The fourth-order valence-electron chi connectivity index (χ4n) is 2.37. The third-order valence-electron chi connectivity index (χ3n) is 3.52. The van der Waals surface area contributed by atoms with Crippen molar-refractivity contribution in [3.8, 4) is 0 Å². The third kappa shape index (κ3) is 2.95. The van der Waals surface area contributed by atoms with Crippen molar-refractivity contribution in [2.45, 2.75) is 45.3 Å². The molecule has 2 atom stereocenters. The number of carbonyl (C=O) groups is 2. The van der Waals surface area contributed by atoms with Crippen molar-refractivity contribution < 1.29 is 9.59 Å². The second-order valence-corrected chi connectivity index (χ2v) is 4.98. The number of benzene rings is 1. The molecule has 0 saturated carbocycles. The Morgan fingerprint density at radius 3 is 2.53 bits per heavy atom. The van der Waals surface area contributed by atoms with Crippen molar-refractivity contribution in [3.05, 3.63) is 35.9 Å². The van der Waals surface area contributed by atoms with Crippen LogP contribution in [0.2, 0.25) is 0 Å². The van der Waals surface area contributed by atoms with Gasteiger partial charge in [0.15, 0.2) is 0 Å². The monoisotopic (exact) mass is 260 g/mol. The second-order valence-electron chi connectivity index (χ2n) is 4.98. The average Bonchev–Trinajstić information content (AvgIpc) is 2.42. The molecule has 2 amide bonds. The Hall–Kier alpha value is -1.84. The lowest BCUT2D eigenvalue weighted by atomic mass is 10.0. The lowest BCUT2D eigenvalue weighted by Gasteiger charge is -2.37. The van der Waals surface area contributed by atoms with Crippen LogP contribution in [0.5, 0.6) is 0 Å². The Morgan fingerprint density at radius 1 is 1.21 bits per heavy atom. The molecule has 0 spiro atoms. The smallest absolute Gasteiger partial charge is 0.246 e. The molecule has 4 heteroatoms. The van der Waals surface area contributed by atoms with Crippen LogP contribution in [0.4, 0.5) is 0 Å². The van der Waals surface area contributed by atoms with Crippen molar-refractivity contribution in [2.75, 3.05) is 0 Å². The normalized spacial score (nSPS) is 23.4. The highest BCUT2D eigenvalue weighted by molar-refractivity contribution is 5.96. The number of carbonyl (C=O) groups excluding carboxylic acids is 2. The summed E-state index contributed by atoms with van der Waals surface area (Å²) in [6, 6.07) is 9.01. The zero-order chi connectivity index (χ0) is 13.8. The predicted molar refractivity (Wildman–Crippen MR) is 73.3 cm³/mol. The number of amides is 2. The van der Waals surface area contributed by atoms with Crippen molar-refractivity contribution in [3.63, 3.8) is 0 Å². The first-order valence-corrected chi connectivity index (χ1v) is 6.78. The van der Waals surface area contributed by atoms with E-state index in [1.54, 1.807) is 11.8 Å². The minimum Gasteiger partial charge on any atom is -0.343 e. The maximum Gasteiger partial charge on any atom is 0.246 e. The van der Waals surface area contributed by atoms with Crippen LogP contribution in [0.25, 0.3) is 0 Å². The lowest BCUT2D eigenvalue weighted by Crippen LogP contribution is -2.61. The van der Waals surface area contributed by atoms with Gasteiger partial charge in [0.05, 0.1) is 0 Å². The first-order valence-electron chi connectivity index (χ1n) is 6.78. The highest BCUT2D eigenvalue weighted by atomic mass is 16.2. The van der Waals surface area contributed by atoms with Crippen molar-refractivity contribution in [2.24, 2.45) is 0 Å². The van der Waals surface area contributed by atoms with E-state index in [0.717, 1.165) is 12.0 Å². The number of nitrogens with zero attached hydrogens (tertiary/aromatic N) is 1. The topological polar surface area (TPSA) is 49.4 Å². The van der Waals surface area contributed by atoms with Crippen LogP contribution in [0.15, 0.2) is 30.3 Å². The van der Waals surface area contributed by atoms with Gasteiger partial charge in [-0.3, -0.25) is 9.59 Å². The van der Waals surface area contributed by atoms with Crippen molar-refractivity contribution in [1.29, 1.82) is 0 Å². The van der Waals surface area contributed by atoms with E-state index in [1.807, 2.05) is 37.3 Å². The van der Waals surface area contributed by atoms with Gasteiger partial charge in [-0.2, -0.15) is 0 Å². The van der Waals surface area contributed by atoms with E-state index >= 15 is 0 Å². The van der Waals surface area contributed by atoms with Gasteiger partial charge in [0, 0.05) is 6.54 Å². The van der Waals surface area contributed by atoms with Crippen LogP contribution >= 0.6 is 0 Å². The standard InChI is InChI=1S/C15H20N2O2/c1-3-7-13-15(19)17(11(2)14(18)16-13)10-12-8-5-4-6-9-12/h4-6,8-9,11,13H,3,7,10H2,1-2H3,(H,16,18). The van der Waals surface area contributed by atoms with Crippen molar-refractivity contribution in [1.82, 2.24) is 10.2 Å². The molecular weight excluding hydrogens is 240 g/mol. The van der Waals surface area contributed by atoms with E-state index in [2.05, 4.69) is 5.32 Å². The molecule has 0 radical (unpaired) electrons. The summed E-state index contributed by atoms with van der Waals surface area (Å²) in [5.74, 6) is -0.0354. The van der Waals surface area contributed by atoms with E-state index in [-0.39, 0.29) is 17.9 Å². The molecular formula is C15H20N2O2. The number of nitrogens with one attached hydrogen (secondary N) is 1. The van der Waals surface area contributed by atoms with E-state index in [1.165, 1.54) is 0 Å². The fraction of sp³-hybridized carbons (Fsp3) is 0.467. The minimum atomic E-state index is -0.402. The number of hydrogen-bond acceptors (Lipinski definition) is 2. The molecule has 102 valence electrons. The van der Waals surface area contributed by atoms with Gasteiger partial charge >= 0.3 is 0 Å². The fourth-order valence-corrected chi connectivity index (χ4v) is 2.37. The summed E-state index contributed by atoms with van der Waals surface area (Å²) in [5, 5.41) is 2.80. The van der Waals surface area contributed by atoms with Crippen LogP contribution in [0.1, 0.15) is 32.3 Å². The minimum absolute atomic E-state index is 0.0257. The SMILES string of the molecule is CCCC1NC(=O)C(C)N(Cc2ccccc2)C1=O. The van der Waals surface area contributed by atoms with Crippen LogP contribution in [0.3, 0.4) is 0 Å². The van der Waals surface area contributed by atoms with Gasteiger partial charge in [-0.05, 0) is 18.9 Å². The molecule has 0 bridgehead atoms. The Morgan fingerprint density at radius 2 is 1.89 bits per heavy atom. The quantitative estimate of drug-likeness (QED) is 0.896. The maximum absolute atomic E-state index is 12.4. The summed E-state index contributed by atoms with van der Waals surface area (Å²) in [7, 11) is 0. The summed E-state index contributed by atoms with van der Waals surface area (Å²) in [4.78, 5) is 26.0. The summed E-state index contributed by atoms with van der Waals surface area (Å²) in [6.45, 7) is 4.28. The van der Waals surface area contributed by atoms with Crippen LogP contribution in [0, 0.1) is 0 Å². The van der Waals surface area contributed by atoms with Gasteiger partial charge in [-0.1, -0.05) is 43.7 Å². The molecule has 1 heterocycles. The van der Waals surface area contributed by atoms with Crippen LogP contribution in [-0.2, 0) is 16.1 Å². The maximum atomic E-state index is 12.4.